The number of hydrogen-bond acceptors (Lipinski definition) is 8. The highest BCUT2D eigenvalue weighted by Gasteiger charge is 2.34. The first-order valence-electron chi connectivity index (χ1n) is 18.7. The molecule has 0 aliphatic rings. The SMILES string of the molecule is CC(NC(=O)C(Cc1ccc(-c2ccccc2)cc1)CP(=O)(O)C(C)N)C(=O)O.CC(NC(=O)C(Cc1ccc(-c2ccccc2)cc1)CP(=O)(O)C(C)N)C(=O)O. The van der Waals surface area contributed by atoms with Crippen molar-refractivity contribution in [3.63, 3.8) is 0 Å². The first-order chi connectivity index (χ1) is 27.2. The van der Waals surface area contributed by atoms with E-state index >= 15 is 0 Å². The highest BCUT2D eigenvalue weighted by atomic mass is 31.2. The molecule has 8 unspecified atom stereocenters. The van der Waals surface area contributed by atoms with Crippen molar-refractivity contribution in [1.82, 2.24) is 10.6 Å². The molecule has 8 atom stereocenters. The second kappa shape index (κ2) is 21.7. The second-order valence-corrected chi connectivity index (χ2v) is 19.8. The van der Waals surface area contributed by atoms with Crippen molar-refractivity contribution in [1.29, 1.82) is 0 Å². The average Bonchev–Trinajstić information content (AvgIpc) is 3.18. The van der Waals surface area contributed by atoms with Gasteiger partial charge in [0, 0.05) is 12.3 Å². The van der Waals surface area contributed by atoms with E-state index in [1.165, 1.54) is 27.7 Å². The van der Waals surface area contributed by atoms with Crippen molar-refractivity contribution < 1.29 is 48.3 Å². The van der Waals surface area contributed by atoms with Gasteiger partial charge in [-0.2, -0.15) is 0 Å². The fourth-order valence-electron chi connectivity index (χ4n) is 5.73. The number of carbonyl (C=O) groups is 4. The Kier molecular flexibility index (Phi) is 17.8. The van der Waals surface area contributed by atoms with Crippen molar-refractivity contribution in [3.8, 4) is 22.3 Å². The molecule has 0 aromatic heterocycles. The van der Waals surface area contributed by atoms with E-state index in [1.54, 1.807) is 0 Å². The summed E-state index contributed by atoms with van der Waals surface area (Å²) in [6.07, 6.45) is -0.235. The summed E-state index contributed by atoms with van der Waals surface area (Å²) < 4.78 is 24.8. The Balaban J connectivity index is 0.000000310. The van der Waals surface area contributed by atoms with E-state index in [2.05, 4.69) is 10.6 Å². The molecule has 0 heterocycles. The standard InChI is InChI=1S/2C21H27N2O5P/c2*1-14(21(25)26)23-20(24)19(13-29(27,28)15(2)22)12-16-8-10-18(11-9-16)17-6-4-3-5-7-17/h2*3-11,14-15,19H,12-13,22H2,1-2H3,(H,23,24)(H,25,26)(H,27,28). The van der Waals surface area contributed by atoms with Gasteiger partial charge in [0.1, 0.15) is 12.1 Å². The molecule has 14 nitrogen and oxygen atoms in total. The zero-order valence-electron chi connectivity index (χ0n) is 33.0. The summed E-state index contributed by atoms with van der Waals surface area (Å²) in [6.45, 7) is 5.53. The van der Waals surface area contributed by atoms with Crippen molar-refractivity contribution >= 4 is 38.5 Å². The minimum atomic E-state index is -3.77. The predicted molar refractivity (Wildman–Crippen MR) is 225 cm³/mol. The van der Waals surface area contributed by atoms with Crippen LogP contribution in [-0.2, 0) is 41.1 Å². The van der Waals surface area contributed by atoms with Gasteiger partial charge in [-0.25, -0.2) is 0 Å². The Bertz CT molecular complexity index is 1920. The Hall–Kier alpha value is -4.94. The molecule has 4 aromatic rings. The lowest BCUT2D eigenvalue weighted by Crippen LogP contribution is -2.43. The lowest BCUT2D eigenvalue weighted by molar-refractivity contribution is -0.142. The van der Waals surface area contributed by atoms with E-state index in [1.807, 2.05) is 109 Å². The summed E-state index contributed by atoms with van der Waals surface area (Å²) in [5.74, 6) is -7.22. The topological polar surface area (TPSA) is 259 Å². The number of benzene rings is 4. The number of nitrogens with two attached hydrogens (primary N) is 2. The lowest BCUT2D eigenvalue weighted by Gasteiger charge is -2.23. The lowest BCUT2D eigenvalue weighted by atomic mass is 9.97. The van der Waals surface area contributed by atoms with Crippen LogP contribution in [0, 0.1) is 11.8 Å². The molecule has 4 aromatic carbocycles. The van der Waals surface area contributed by atoms with Crippen molar-refractivity contribution in [2.24, 2.45) is 23.3 Å². The minimum absolute atomic E-state index is 0.199. The highest BCUT2D eigenvalue weighted by molar-refractivity contribution is 7.59. The van der Waals surface area contributed by atoms with Crippen molar-refractivity contribution in [2.45, 2.75) is 64.2 Å². The normalized spacial score (nSPS) is 16.3. The quantitative estimate of drug-likeness (QED) is 0.0590. The first kappa shape index (κ1) is 47.4. The number of rotatable bonds is 18. The van der Waals surface area contributed by atoms with E-state index < -0.39 is 74.0 Å². The molecule has 10 N–H and O–H groups in total. The van der Waals surface area contributed by atoms with Crippen LogP contribution in [0.25, 0.3) is 22.3 Å². The maximum absolute atomic E-state index is 12.6. The molecule has 0 saturated heterocycles. The van der Waals surface area contributed by atoms with Gasteiger partial charge in [-0.1, -0.05) is 109 Å². The molecular formula is C42H54N4O10P2. The Morgan fingerprint density at radius 2 is 0.793 bits per heavy atom. The van der Waals surface area contributed by atoms with E-state index in [9.17, 15) is 38.1 Å². The maximum atomic E-state index is 12.6. The number of aliphatic carboxylic acids is 2. The third-order valence-electron chi connectivity index (χ3n) is 9.52. The van der Waals surface area contributed by atoms with Crippen LogP contribution >= 0.6 is 14.7 Å². The summed E-state index contributed by atoms with van der Waals surface area (Å²) in [6, 6.07) is 32.5. The van der Waals surface area contributed by atoms with E-state index in [-0.39, 0.29) is 25.2 Å². The minimum Gasteiger partial charge on any atom is -0.480 e. The Morgan fingerprint density at radius 3 is 1.05 bits per heavy atom. The van der Waals surface area contributed by atoms with Crippen LogP contribution in [0.5, 0.6) is 0 Å². The molecule has 312 valence electrons. The third kappa shape index (κ3) is 14.8. The van der Waals surface area contributed by atoms with Crippen LogP contribution in [0.2, 0.25) is 0 Å². The molecule has 4 rings (SSSR count). The van der Waals surface area contributed by atoms with E-state index in [0.717, 1.165) is 33.4 Å². The van der Waals surface area contributed by atoms with Crippen LogP contribution in [0.3, 0.4) is 0 Å². The largest absolute Gasteiger partial charge is 0.480 e. The number of nitrogens with one attached hydrogen (secondary N) is 2. The molecule has 0 fully saturated rings. The monoisotopic (exact) mass is 836 g/mol. The summed E-state index contributed by atoms with van der Waals surface area (Å²) in [4.78, 5) is 67.6. The molecule has 0 bridgehead atoms. The summed E-state index contributed by atoms with van der Waals surface area (Å²) in [7, 11) is -7.53. The van der Waals surface area contributed by atoms with Gasteiger partial charge in [-0.05, 0) is 73.9 Å². The smallest absolute Gasteiger partial charge is 0.325 e. The molecule has 0 aliphatic carbocycles. The van der Waals surface area contributed by atoms with Gasteiger partial charge in [0.2, 0.25) is 26.6 Å². The molecular weight excluding hydrogens is 782 g/mol. The van der Waals surface area contributed by atoms with Gasteiger partial charge in [-0.3, -0.25) is 28.3 Å². The molecule has 58 heavy (non-hydrogen) atoms. The summed E-state index contributed by atoms with van der Waals surface area (Å²) in [5.41, 5.74) is 17.0. The van der Waals surface area contributed by atoms with Crippen LogP contribution in [-0.4, -0.2) is 79.7 Å². The van der Waals surface area contributed by atoms with Gasteiger partial charge in [-0.15, -0.1) is 0 Å². The van der Waals surface area contributed by atoms with Crippen LogP contribution in [0.15, 0.2) is 109 Å². The van der Waals surface area contributed by atoms with Crippen LogP contribution < -0.4 is 22.1 Å². The van der Waals surface area contributed by atoms with Gasteiger partial charge >= 0.3 is 11.9 Å². The molecule has 0 aliphatic heterocycles. The summed E-state index contributed by atoms with van der Waals surface area (Å²) >= 11 is 0. The van der Waals surface area contributed by atoms with Crippen LogP contribution in [0.4, 0.5) is 0 Å². The Labute approximate surface area is 339 Å². The molecule has 2 amide bonds. The van der Waals surface area contributed by atoms with Gasteiger partial charge in [0.15, 0.2) is 0 Å². The Morgan fingerprint density at radius 1 is 0.517 bits per heavy atom. The van der Waals surface area contributed by atoms with E-state index in [0.29, 0.717) is 0 Å². The zero-order valence-corrected chi connectivity index (χ0v) is 34.8. The fourth-order valence-corrected chi connectivity index (χ4v) is 8.25. The van der Waals surface area contributed by atoms with Crippen LogP contribution in [0.1, 0.15) is 38.8 Å². The number of carbonyl (C=O) groups excluding carboxylic acids is 2. The average molecular weight is 837 g/mol. The fraction of sp³-hybridized carbons (Fsp3) is 0.333. The van der Waals surface area contributed by atoms with Crippen molar-refractivity contribution in [2.75, 3.05) is 12.3 Å². The van der Waals surface area contributed by atoms with E-state index in [4.69, 9.17) is 21.7 Å². The van der Waals surface area contributed by atoms with Gasteiger partial charge in [0.05, 0.1) is 23.4 Å². The summed E-state index contributed by atoms with van der Waals surface area (Å²) in [5, 5.41) is 22.8. The highest BCUT2D eigenvalue weighted by Crippen LogP contribution is 2.47. The third-order valence-corrected chi connectivity index (χ3v) is 14.0. The van der Waals surface area contributed by atoms with Crippen molar-refractivity contribution in [3.05, 3.63) is 120 Å². The number of hydrogen-bond donors (Lipinski definition) is 8. The number of amides is 2. The first-order valence-corrected chi connectivity index (χ1v) is 22.5. The van der Waals surface area contributed by atoms with Gasteiger partial charge in [0.25, 0.3) is 0 Å². The predicted octanol–water partition coefficient (Wildman–Crippen LogP) is 5.35. The molecule has 0 spiro atoms. The molecule has 0 saturated carbocycles. The van der Waals surface area contributed by atoms with Gasteiger partial charge < -0.3 is 42.1 Å². The zero-order chi connectivity index (χ0) is 43.2. The number of carboxylic acids is 2. The maximum Gasteiger partial charge on any atom is 0.325 e. The number of carboxylic acid groups (broad SMARTS) is 2. The second-order valence-electron chi connectivity index (χ2n) is 14.4. The molecule has 16 heteroatoms. The molecule has 0 radical (unpaired) electrons.